The molecule has 150 valence electrons. The minimum absolute atomic E-state index is 0.00155. The lowest BCUT2D eigenvalue weighted by atomic mass is 10.1. The van der Waals surface area contributed by atoms with Crippen molar-refractivity contribution in [2.45, 2.75) is 45.3 Å². The van der Waals surface area contributed by atoms with Gasteiger partial charge in [-0.25, -0.2) is 4.98 Å². The first-order valence-corrected chi connectivity index (χ1v) is 9.18. The number of nitrogens with zero attached hydrogens (tertiary/aromatic N) is 2. The number of rotatable bonds is 5. The van der Waals surface area contributed by atoms with Gasteiger partial charge in [-0.3, -0.25) is 9.59 Å². The van der Waals surface area contributed by atoms with Crippen molar-refractivity contribution in [3.05, 3.63) is 47.0 Å². The molecule has 0 fully saturated rings. The quantitative estimate of drug-likeness (QED) is 0.813. The summed E-state index contributed by atoms with van der Waals surface area (Å²) in [5.41, 5.74) is -0.694. The van der Waals surface area contributed by atoms with Gasteiger partial charge in [-0.15, -0.1) is 0 Å². The lowest BCUT2D eigenvalue weighted by Crippen LogP contribution is -2.28. The molecule has 1 aliphatic rings. The number of nitrogens with one attached hydrogen (secondary N) is 2. The van der Waals surface area contributed by atoms with Gasteiger partial charge in [0.2, 0.25) is 0 Å². The number of anilines is 1. The van der Waals surface area contributed by atoms with Crippen LogP contribution in [0.3, 0.4) is 0 Å². The molecule has 1 aromatic heterocycles. The number of hydrogen-bond acceptors (Lipinski definition) is 3. The number of halogens is 3. The molecule has 1 aliphatic heterocycles. The molecule has 3 rings (SSSR count). The van der Waals surface area contributed by atoms with Crippen molar-refractivity contribution in [3.63, 3.8) is 0 Å². The Hall–Kier alpha value is -2.84. The Labute approximate surface area is 160 Å². The van der Waals surface area contributed by atoms with E-state index in [4.69, 9.17) is 0 Å². The summed E-state index contributed by atoms with van der Waals surface area (Å²) < 4.78 is 41.2. The number of aromatic nitrogens is 2. The van der Waals surface area contributed by atoms with Gasteiger partial charge in [0.1, 0.15) is 0 Å². The van der Waals surface area contributed by atoms with Crippen molar-refractivity contribution < 1.29 is 22.8 Å². The number of hydrogen-bond donors (Lipinski definition) is 2. The summed E-state index contributed by atoms with van der Waals surface area (Å²) >= 11 is 0. The van der Waals surface area contributed by atoms with E-state index in [0.29, 0.717) is 25.2 Å². The fraction of sp³-hybridized carbons (Fsp3) is 0.421. The van der Waals surface area contributed by atoms with Crippen molar-refractivity contribution in [2.75, 3.05) is 11.9 Å². The lowest BCUT2D eigenvalue weighted by molar-refractivity contribution is -0.136. The van der Waals surface area contributed by atoms with Gasteiger partial charge in [0.15, 0.2) is 11.5 Å². The summed E-state index contributed by atoms with van der Waals surface area (Å²) in [6, 6.07) is 4.77. The lowest BCUT2D eigenvalue weighted by Gasteiger charge is -2.17. The molecule has 0 saturated heterocycles. The van der Waals surface area contributed by atoms with Gasteiger partial charge in [0.05, 0.1) is 16.9 Å². The molecule has 2 N–H and O–H groups in total. The second-order valence-corrected chi connectivity index (χ2v) is 6.59. The maximum atomic E-state index is 13.2. The van der Waals surface area contributed by atoms with Gasteiger partial charge >= 0.3 is 6.18 Å². The van der Waals surface area contributed by atoms with E-state index in [1.807, 2.05) is 6.92 Å². The zero-order chi connectivity index (χ0) is 20.3. The molecule has 0 unspecified atom stereocenters. The van der Waals surface area contributed by atoms with E-state index >= 15 is 0 Å². The van der Waals surface area contributed by atoms with E-state index in [9.17, 15) is 22.8 Å². The number of benzene rings is 1. The van der Waals surface area contributed by atoms with Gasteiger partial charge in [-0.1, -0.05) is 19.1 Å². The standard InChI is InChI=1S/C19H21F3N4O2/c1-2-10-23-18(28)16-25-15(14-9-5-6-11-26(14)16)17(27)24-13-8-4-3-7-12(13)19(20,21)22/h3-4,7-8H,2,5-6,9-11H2,1H3,(H,23,28)(H,24,27). The normalized spacial score (nSPS) is 13.7. The van der Waals surface area contributed by atoms with E-state index < -0.39 is 17.6 Å². The average Bonchev–Trinajstić information content (AvgIpc) is 3.05. The van der Waals surface area contributed by atoms with Crippen molar-refractivity contribution >= 4 is 17.5 Å². The molecule has 2 heterocycles. The van der Waals surface area contributed by atoms with Crippen molar-refractivity contribution in [3.8, 4) is 0 Å². The predicted octanol–water partition coefficient (Wildman–Crippen LogP) is 3.63. The van der Waals surface area contributed by atoms with Gasteiger partial charge in [0.25, 0.3) is 11.8 Å². The highest BCUT2D eigenvalue weighted by Crippen LogP contribution is 2.35. The van der Waals surface area contributed by atoms with Crippen LogP contribution in [0.5, 0.6) is 0 Å². The van der Waals surface area contributed by atoms with Gasteiger partial charge in [0, 0.05) is 13.1 Å². The summed E-state index contributed by atoms with van der Waals surface area (Å²) in [6.07, 6.45) is -1.64. The molecular formula is C19H21F3N4O2. The highest BCUT2D eigenvalue weighted by Gasteiger charge is 2.34. The molecule has 0 bridgehead atoms. The largest absolute Gasteiger partial charge is 0.418 e. The first kappa shape index (κ1) is 19.9. The Morgan fingerprint density at radius 3 is 2.64 bits per heavy atom. The number of carbonyl (C=O) groups excluding carboxylic acids is 2. The molecule has 0 aliphatic carbocycles. The van der Waals surface area contributed by atoms with Crippen LogP contribution >= 0.6 is 0 Å². The van der Waals surface area contributed by atoms with Crippen LogP contribution in [-0.2, 0) is 19.1 Å². The molecule has 0 atom stereocenters. The number of alkyl halides is 3. The van der Waals surface area contributed by atoms with Crippen LogP contribution in [0.4, 0.5) is 18.9 Å². The van der Waals surface area contributed by atoms with E-state index in [-0.39, 0.29) is 23.1 Å². The highest BCUT2D eigenvalue weighted by molar-refractivity contribution is 6.05. The third kappa shape index (κ3) is 4.02. The van der Waals surface area contributed by atoms with Crippen LogP contribution in [0.15, 0.2) is 24.3 Å². The minimum atomic E-state index is -4.59. The third-order valence-corrected chi connectivity index (χ3v) is 4.55. The summed E-state index contributed by atoms with van der Waals surface area (Å²) in [6.45, 7) is 2.93. The fourth-order valence-electron chi connectivity index (χ4n) is 3.24. The molecule has 6 nitrogen and oxygen atoms in total. The van der Waals surface area contributed by atoms with Crippen LogP contribution in [0.2, 0.25) is 0 Å². The van der Waals surface area contributed by atoms with Crippen LogP contribution in [0.25, 0.3) is 0 Å². The fourth-order valence-corrected chi connectivity index (χ4v) is 3.24. The maximum absolute atomic E-state index is 13.2. The van der Waals surface area contributed by atoms with Crippen LogP contribution < -0.4 is 10.6 Å². The second kappa shape index (κ2) is 8.04. The molecule has 0 spiro atoms. The molecule has 0 saturated carbocycles. The first-order valence-electron chi connectivity index (χ1n) is 9.18. The third-order valence-electron chi connectivity index (χ3n) is 4.55. The van der Waals surface area contributed by atoms with Gasteiger partial charge < -0.3 is 15.2 Å². The highest BCUT2D eigenvalue weighted by atomic mass is 19.4. The smallest absolute Gasteiger partial charge is 0.349 e. The summed E-state index contributed by atoms with van der Waals surface area (Å²) in [7, 11) is 0. The Morgan fingerprint density at radius 2 is 1.93 bits per heavy atom. The predicted molar refractivity (Wildman–Crippen MR) is 97.2 cm³/mol. The zero-order valence-electron chi connectivity index (χ0n) is 15.4. The van der Waals surface area contributed by atoms with Gasteiger partial charge in [-0.2, -0.15) is 13.2 Å². The number of amides is 2. The molecule has 0 radical (unpaired) electrons. The van der Waals surface area contributed by atoms with Crippen molar-refractivity contribution in [2.24, 2.45) is 0 Å². The Morgan fingerprint density at radius 1 is 1.18 bits per heavy atom. The summed E-state index contributed by atoms with van der Waals surface area (Å²) in [5.74, 6) is -1.02. The molecule has 28 heavy (non-hydrogen) atoms. The number of carbonyl (C=O) groups is 2. The second-order valence-electron chi connectivity index (χ2n) is 6.59. The van der Waals surface area contributed by atoms with Crippen molar-refractivity contribution in [1.29, 1.82) is 0 Å². The summed E-state index contributed by atoms with van der Waals surface area (Å²) in [5, 5.41) is 5.04. The van der Waals surface area contributed by atoms with E-state index in [1.54, 1.807) is 4.57 Å². The molecule has 1 aromatic carbocycles. The van der Waals surface area contributed by atoms with Crippen molar-refractivity contribution in [1.82, 2.24) is 14.9 Å². The number of para-hydroxylation sites is 1. The Balaban J connectivity index is 1.93. The monoisotopic (exact) mass is 394 g/mol. The minimum Gasteiger partial charge on any atom is -0.349 e. The van der Waals surface area contributed by atoms with E-state index in [2.05, 4.69) is 15.6 Å². The first-order chi connectivity index (χ1) is 13.3. The molecule has 2 amide bonds. The molecular weight excluding hydrogens is 373 g/mol. The average molecular weight is 394 g/mol. The topological polar surface area (TPSA) is 76.0 Å². The van der Waals surface area contributed by atoms with Gasteiger partial charge in [-0.05, 0) is 37.8 Å². The number of fused-ring (bicyclic) bond motifs is 1. The summed E-state index contributed by atoms with van der Waals surface area (Å²) in [4.78, 5) is 29.3. The molecule has 9 heteroatoms. The Kier molecular flexibility index (Phi) is 5.71. The van der Waals surface area contributed by atoms with E-state index in [0.717, 1.165) is 25.3 Å². The zero-order valence-corrected chi connectivity index (χ0v) is 15.4. The maximum Gasteiger partial charge on any atom is 0.418 e. The molecule has 2 aromatic rings. The van der Waals surface area contributed by atoms with Crippen LogP contribution in [0.1, 0.15) is 58.6 Å². The number of imidazole rings is 1. The van der Waals surface area contributed by atoms with Crippen LogP contribution in [-0.4, -0.2) is 27.9 Å². The van der Waals surface area contributed by atoms with Crippen LogP contribution in [0, 0.1) is 0 Å². The SMILES string of the molecule is CCCNC(=O)c1nc(C(=O)Nc2ccccc2C(F)(F)F)c2n1CCCC2. The van der Waals surface area contributed by atoms with E-state index in [1.165, 1.54) is 18.2 Å². The Bertz CT molecular complexity index is 890.